The molecule has 1 aliphatic rings. The minimum atomic E-state index is -4.93. The molecule has 0 aliphatic carbocycles. The number of amides is 1. The van der Waals surface area contributed by atoms with E-state index in [4.69, 9.17) is 14.6 Å². The van der Waals surface area contributed by atoms with Gasteiger partial charge in [-0.2, -0.15) is 26.3 Å². The second kappa shape index (κ2) is 18.5. The molecule has 39 heavy (non-hydrogen) atoms. The molecule has 3 N–H and O–H groups in total. The number of benzene rings is 1. The van der Waals surface area contributed by atoms with Crippen LogP contribution in [-0.2, 0) is 33.2 Å². The van der Waals surface area contributed by atoms with Gasteiger partial charge in [0.1, 0.15) is 0 Å². The molecule has 6 nitrogen and oxygen atoms in total. The largest absolute Gasteiger partial charge is 0.416 e. The standard InChI is InChI=1S/C22H30F6N2O3.C3H8O.C2H6/c1-3-4-17(30-18-7-8-33-13-19(18)32-2)5-6-20(31)29-12-14-9-15(21(23,24)25)11-16(10-14)22(26,27)28;1-3(2)4;1-2/h9-11,17-19,30H,3-8,12-13H2,1-2H3,(H,29,31);3-4H,1-2H3;1-2H3/t17-,18?,19?;;/m1../s1. The number of methoxy groups -OCH3 is 1. The van der Waals surface area contributed by atoms with E-state index >= 15 is 0 Å². The van der Waals surface area contributed by atoms with Gasteiger partial charge in [0.15, 0.2) is 0 Å². The van der Waals surface area contributed by atoms with Crippen LogP contribution in [0.2, 0.25) is 0 Å². The summed E-state index contributed by atoms with van der Waals surface area (Å²) in [6, 6.07) is 1.40. The Labute approximate surface area is 227 Å². The second-order valence-corrected chi connectivity index (χ2v) is 9.22. The number of alkyl halides is 6. The third kappa shape index (κ3) is 15.5. The fourth-order valence-electron chi connectivity index (χ4n) is 3.81. The topological polar surface area (TPSA) is 79.8 Å². The van der Waals surface area contributed by atoms with Gasteiger partial charge in [0.25, 0.3) is 0 Å². The van der Waals surface area contributed by atoms with Crippen LogP contribution in [0.5, 0.6) is 0 Å². The van der Waals surface area contributed by atoms with Crippen molar-refractivity contribution in [3.05, 3.63) is 34.9 Å². The van der Waals surface area contributed by atoms with Gasteiger partial charge in [0, 0.05) is 44.9 Å². The van der Waals surface area contributed by atoms with E-state index in [1.165, 1.54) is 0 Å². The minimum Gasteiger partial charge on any atom is -0.394 e. The summed E-state index contributed by atoms with van der Waals surface area (Å²) in [5, 5.41) is 14.0. The summed E-state index contributed by atoms with van der Waals surface area (Å²) in [6.07, 6.45) is -7.10. The Balaban J connectivity index is 0.00000220. The molecule has 228 valence electrons. The van der Waals surface area contributed by atoms with Crippen LogP contribution in [0.15, 0.2) is 18.2 Å². The first kappa shape index (κ1) is 37.1. The predicted octanol–water partition coefficient (Wildman–Crippen LogP) is 6.10. The van der Waals surface area contributed by atoms with Crippen molar-refractivity contribution < 1.29 is 45.7 Å². The van der Waals surface area contributed by atoms with E-state index in [-0.39, 0.29) is 42.3 Å². The molecule has 0 saturated carbocycles. The number of nitrogens with one attached hydrogen (secondary N) is 2. The predicted molar refractivity (Wildman–Crippen MR) is 138 cm³/mol. The van der Waals surface area contributed by atoms with Gasteiger partial charge in [-0.15, -0.1) is 0 Å². The van der Waals surface area contributed by atoms with Gasteiger partial charge in [-0.05, 0) is 56.9 Å². The van der Waals surface area contributed by atoms with Crippen molar-refractivity contribution in [2.45, 2.75) is 110 Å². The Morgan fingerprint density at radius 1 is 1.08 bits per heavy atom. The van der Waals surface area contributed by atoms with Crippen molar-refractivity contribution in [3.63, 3.8) is 0 Å². The summed E-state index contributed by atoms with van der Waals surface area (Å²) < 4.78 is 88.7. The van der Waals surface area contributed by atoms with Crippen LogP contribution < -0.4 is 10.6 Å². The molecule has 1 heterocycles. The number of hydrogen-bond acceptors (Lipinski definition) is 5. The van der Waals surface area contributed by atoms with Gasteiger partial charge in [0.2, 0.25) is 5.91 Å². The third-order valence-corrected chi connectivity index (χ3v) is 5.55. The highest BCUT2D eigenvalue weighted by molar-refractivity contribution is 5.75. The number of ether oxygens (including phenoxy) is 2. The lowest BCUT2D eigenvalue weighted by molar-refractivity contribution is -0.143. The van der Waals surface area contributed by atoms with Crippen molar-refractivity contribution in [1.82, 2.24) is 10.6 Å². The Morgan fingerprint density at radius 3 is 2.08 bits per heavy atom. The quantitative estimate of drug-likeness (QED) is 0.295. The molecule has 3 atom stereocenters. The molecule has 2 unspecified atom stereocenters. The van der Waals surface area contributed by atoms with Gasteiger partial charge < -0.3 is 25.2 Å². The zero-order chi connectivity index (χ0) is 30.2. The molecular weight excluding hydrogens is 530 g/mol. The summed E-state index contributed by atoms with van der Waals surface area (Å²) in [6.45, 7) is 10.1. The fraction of sp³-hybridized carbons (Fsp3) is 0.741. The van der Waals surface area contributed by atoms with Crippen LogP contribution in [0, 0.1) is 0 Å². The number of carbonyl (C=O) groups excluding carboxylic acids is 1. The van der Waals surface area contributed by atoms with Crippen molar-refractivity contribution >= 4 is 5.91 Å². The van der Waals surface area contributed by atoms with E-state index in [2.05, 4.69) is 10.6 Å². The summed E-state index contributed by atoms with van der Waals surface area (Å²) in [5.74, 6) is -0.445. The maximum Gasteiger partial charge on any atom is 0.416 e. The fourth-order valence-corrected chi connectivity index (χ4v) is 3.81. The Morgan fingerprint density at radius 2 is 1.62 bits per heavy atom. The van der Waals surface area contributed by atoms with Crippen LogP contribution in [-0.4, -0.2) is 55.6 Å². The van der Waals surface area contributed by atoms with E-state index < -0.39 is 35.9 Å². The highest BCUT2D eigenvalue weighted by atomic mass is 19.4. The highest BCUT2D eigenvalue weighted by Crippen LogP contribution is 2.36. The number of rotatable bonds is 10. The lowest BCUT2D eigenvalue weighted by Gasteiger charge is -2.34. The number of aliphatic hydroxyl groups is 1. The van der Waals surface area contributed by atoms with Gasteiger partial charge in [0.05, 0.1) is 23.8 Å². The Bertz CT molecular complexity index is 783. The highest BCUT2D eigenvalue weighted by Gasteiger charge is 2.37. The molecule has 0 aromatic heterocycles. The summed E-state index contributed by atoms with van der Waals surface area (Å²) in [7, 11) is 1.61. The molecule has 1 aromatic rings. The van der Waals surface area contributed by atoms with E-state index in [1.54, 1.807) is 21.0 Å². The van der Waals surface area contributed by atoms with E-state index in [0.717, 1.165) is 19.3 Å². The average Bonchev–Trinajstić information content (AvgIpc) is 2.86. The van der Waals surface area contributed by atoms with E-state index in [9.17, 15) is 31.1 Å². The zero-order valence-corrected chi connectivity index (χ0v) is 23.6. The SMILES string of the molecule is CC.CC(C)O.CCC[C@H](CCC(=O)NCc1cc(C(F)(F)F)cc(C(F)(F)F)c1)NC1CCOCC1OC. The molecular formula is C27H44F6N2O4. The lowest BCUT2D eigenvalue weighted by atomic mass is 10.00. The lowest BCUT2D eigenvalue weighted by Crippen LogP contribution is -2.51. The van der Waals surface area contributed by atoms with Crippen LogP contribution in [0.4, 0.5) is 26.3 Å². The van der Waals surface area contributed by atoms with Gasteiger partial charge in [-0.1, -0.05) is 27.2 Å². The van der Waals surface area contributed by atoms with Crippen LogP contribution in [0.1, 0.15) is 83.4 Å². The monoisotopic (exact) mass is 574 g/mol. The summed E-state index contributed by atoms with van der Waals surface area (Å²) >= 11 is 0. The van der Waals surface area contributed by atoms with Crippen LogP contribution in [0.25, 0.3) is 0 Å². The van der Waals surface area contributed by atoms with Crippen molar-refractivity contribution in [3.8, 4) is 0 Å². The molecule has 1 saturated heterocycles. The number of halogens is 6. The zero-order valence-electron chi connectivity index (χ0n) is 23.6. The van der Waals surface area contributed by atoms with E-state index in [1.807, 2.05) is 20.8 Å². The summed E-state index contributed by atoms with van der Waals surface area (Å²) in [5.41, 5.74) is -3.07. The molecule has 0 radical (unpaired) electrons. The second-order valence-electron chi connectivity index (χ2n) is 9.22. The molecule has 0 bridgehead atoms. The molecule has 1 fully saturated rings. The van der Waals surface area contributed by atoms with Crippen molar-refractivity contribution in [1.29, 1.82) is 0 Å². The first-order valence-corrected chi connectivity index (χ1v) is 13.3. The minimum absolute atomic E-state index is 0.0203. The maximum absolute atomic E-state index is 13.0. The number of hydrogen-bond donors (Lipinski definition) is 3. The molecule has 1 aromatic carbocycles. The van der Waals surface area contributed by atoms with Gasteiger partial charge >= 0.3 is 12.4 Å². The third-order valence-electron chi connectivity index (χ3n) is 5.55. The maximum atomic E-state index is 13.0. The van der Waals surface area contributed by atoms with E-state index in [0.29, 0.717) is 31.8 Å². The van der Waals surface area contributed by atoms with Gasteiger partial charge in [-0.3, -0.25) is 4.79 Å². The van der Waals surface area contributed by atoms with Crippen LogP contribution in [0.3, 0.4) is 0 Å². The Hall–Kier alpha value is -1.89. The first-order valence-electron chi connectivity index (χ1n) is 13.3. The molecule has 12 heteroatoms. The number of aliphatic hydroxyl groups excluding tert-OH is 1. The van der Waals surface area contributed by atoms with Gasteiger partial charge in [-0.25, -0.2) is 0 Å². The van der Waals surface area contributed by atoms with Crippen molar-refractivity contribution in [2.24, 2.45) is 0 Å². The molecule has 1 aliphatic heterocycles. The summed E-state index contributed by atoms with van der Waals surface area (Å²) in [4.78, 5) is 12.3. The number of carbonyl (C=O) groups is 1. The smallest absolute Gasteiger partial charge is 0.394 e. The normalized spacial score (nSPS) is 18.4. The molecule has 0 spiro atoms. The Kier molecular flexibility index (Phi) is 17.6. The molecule has 2 rings (SSSR count). The average molecular weight is 575 g/mol. The molecule has 1 amide bonds. The first-order chi connectivity index (χ1) is 18.2. The van der Waals surface area contributed by atoms with Crippen molar-refractivity contribution in [2.75, 3.05) is 20.3 Å². The van der Waals surface area contributed by atoms with Crippen LogP contribution >= 0.6 is 0 Å².